The number of hydrogen-bond acceptors (Lipinski definition) is 8. The molecule has 1 aromatic carbocycles. The number of aryl methyl sites for hydroxylation is 2. The number of nitrogens with zero attached hydrogens (tertiary/aromatic N) is 5. The highest BCUT2D eigenvalue weighted by Gasteiger charge is 2.26. The Labute approximate surface area is 253 Å². The average Bonchev–Trinajstić information content (AvgIpc) is 3.57. The summed E-state index contributed by atoms with van der Waals surface area (Å²) in [6.45, 7) is 12.1. The minimum absolute atomic E-state index is 0.133. The molecule has 3 N–H and O–H groups in total. The molecule has 2 aromatic heterocycles. The Morgan fingerprint density at radius 2 is 1.93 bits per heavy atom. The number of aromatic amines is 1. The molecule has 3 heterocycles. The summed E-state index contributed by atoms with van der Waals surface area (Å²) in [6, 6.07) is 4.95. The third-order valence-electron chi connectivity index (χ3n) is 6.93. The van der Waals surface area contributed by atoms with Crippen LogP contribution in [0.15, 0.2) is 31.9 Å². The molecule has 228 valence electrons. The van der Waals surface area contributed by atoms with Gasteiger partial charge in [0.15, 0.2) is 0 Å². The lowest BCUT2D eigenvalue weighted by Gasteiger charge is -2.18. The van der Waals surface area contributed by atoms with Gasteiger partial charge in [-0.15, -0.1) is 5.10 Å². The molecule has 3 amide bonds. The maximum atomic E-state index is 13.0. The average molecular weight is 627 g/mol. The first-order valence-corrected chi connectivity index (χ1v) is 15.9. The highest BCUT2D eigenvalue weighted by molar-refractivity contribution is 7.92. The summed E-state index contributed by atoms with van der Waals surface area (Å²) in [4.78, 5) is 46.5. The van der Waals surface area contributed by atoms with Gasteiger partial charge in [-0.25, -0.2) is 4.68 Å². The first-order chi connectivity index (χ1) is 20.3. The molecule has 0 unspecified atom stereocenters. The molecule has 0 atom stereocenters. The molecule has 0 fully saturated rings. The van der Waals surface area contributed by atoms with Gasteiger partial charge >= 0.3 is 10.0 Å². The number of likely N-dealkylation sites (N-methyl/N-ethyl adjacent to an activating group) is 1. The first kappa shape index (κ1) is 31.7. The van der Waals surface area contributed by atoms with Crippen LogP contribution in [0.2, 0.25) is 0 Å². The summed E-state index contributed by atoms with van der Waals surface area (Å²) < 4.78 is 30.2. The number of benzene rings is 1. The van der Waals surface area contributed by atoms with Crippen LogP contribution in [0.5, 0.6) is 0 Å². The van der Waals surface area contributed by atoms with Crippen molar-refractivity contribution in [3.05, 3.63) is 56.6 Å². The number of anilines is 1. The molecule has 13 nitrogen and oxygen atoms in total. The predicted molar refractivity (Wildman–Crippen MR) is 165 cm³/mol. The van der Waals surface area contributed by atoms with Crippen molar-refractivity contribution in [2.24, 2.45) is 16.4 Å². The van der Waals surface area contributed by atoms with E-state index in [9.17, 15) is 22.8 Å². The normalized spacial score (nSPS) is 14.6. The summed E-state index contributed by atoms with van der Waals surface area (Å²) in [7, 11) is -2.69. The van der Waals surface area contributed by atoms with E-state index in [2.05, 4.69) is 48.9 Å². The van der Waals surface area contributed by atoms with Gasteiger partial charge in [0.2, 0.25) is 10.7 Å². The fourth-order valence-electron chi connectivity index (χ4n) is 4.63. The zero-order chi connectivity index (χ0) is 31.5. The molecular weight excluding hydrogens is 592 g/mol. The molecule has 43 heavy (non-hydrogen) atoms. The quantitative estimate of drug-likeness (QED) is 0.229. The first-order valence-electron chi connectivity index (χ1n) is 13.6. The van der Waals surface area contributed by atoms with Crippen molar-refractivity contribution in [3.8, 4) is 0 Å². The van der Waals surface area contributed by atoms with E-state index in [-0.39, 0.29) is 21.0 Å². The van der Waals surface area contributed by atoms with E-state index >= 15 is 0 Å². The Kier molecular flexibility index (Phi) is 9.57. The molecule has 0 bridgehead atoms. The van der Waals surface area contributed by atoms with Crippen LogP contribution < -0.4 is 15.4 Å². The number of carbonyl (C=O) groups is 3. The molecule has 0 saturated carbocycles. The van der Waals surface area contributed by atoms with E-state index in [1.807, 2.05) is 13.8 Å². The van der Waals surface area contributed by atoms with Crippen LogP contribution in [0.3, 0.4) is 0 Å². The van der Waals surface area contributed by atoms with Gasteiger partial charge in [-0.05, 0) is 56.3 Å². The number of amides is 3. The molecule has 0 saturated heterocycles. The second kappa shape index (κ2) is 13.0. The van der Waals surface area contributed by atoms with Gasteiger partial charge in [0.1, 0.15) is 0 Å². The molecule has 0 aliphatic carbocycles. The standard InChI is InChI=1S/C28H34N8O5S2/c1-7-36(8-2)12-11-29-26(39)24-16(3)23(31-17(24)4)14-21-20-13-19(9-10-22(20)33-25(21)38)15-30-43(40,41)28-34-35(6)27(42-28)32-18(5)37/h9-10,13-15,31H,7-8,11-12H2,1-6H3,(H,29,39)(H,33,38)/b21-14-,30-15+,32-27-. The predicted octanol–water partition coefficient (Wildman–Crippen LogP) is 2.25. The van der Waals surface area contributed by atoms with Gasteiger partial charge < -0.3 is 20.5 Å². The fraction of sp³-hybridized carbons (Fsp3) is 0.357. The number of carbonyl (C=O) groups excluding carboxylic acids is 3. The van der Waals surface area contributed by atoms with Gasteiger partial charge in [0.25, 0.3) is 16.2 Å². The summed E-state index contributed by atoms with van der Waals surface area (Å²) in [6.07, 6.45) is 2.85. The Balaban J connectivity index is 1.59. The van der Waals surface area contributed by atoms with Gasteiger partial charge in [-0.3, -0.25) is 14.4 Å². The van der Waals surface area contributed by atoms with Crippen LogP contribution in [0.25, 0.3) is 11.6 Å². The minimum Gasteiger partial charge on any atom is -0.358 e. The molecular formula is C28H34N8O5S2. The highest BCUT2D eigenvalue weighted by Crippen LogP contribution is 2.34. The van der Waals surface area contributed by atoms with Crippen molar-refractivity contribution in [1.82, 2.24) is 25.0 Å². The molecule has 1 aliphatic heterocycles. The third-order valence-corrected chi connectivity index (χ3v) is 9.51. The van der Waals surface area contributed by atoms with Gasteiger partial charge in [0.05, 0.1) is 11.1 Å². The number of nitrogens with one attached hydrogen (secondary N) is 3. The maximum absolute atomic E-state index is 13.0. The second-order valence-corrected chi connectivity index (χ2v) is 12.6. The summed E-state index contributed by atoms with van der Waals surface area (Å²) >= 11 is 0.730. The van der Waals surface area contributed by atoms with E-state index in [1.54, 1.807) is 24.3 Å². The van der Waals surface area contributed by atoms with Crippen LogP contribution in [-0.2, 0) is 26.7 Å². The molecule has 0 spiro atoms. The SMILES string of the molecule is CCN(CC)CCNC(=O)c1c(C)[nH]c(/C=C2\C(=O)Nc3ccc(/C=N/S(=O)(=O)c4nn(C)/c(=N/C(C)=O)s4)cc32)c1C. The number of sulfonamides is 1. The van der Waals surface area contributed by atoms with Gasteiger partial charge in [-0.1, -0.05) is 31.3 Å². The van der Waals surface area contributed by atoms with Crippen LogP contribution in [-0.4, -0.2) is 78.2 Å². The zero-order valence-corrected chi connectivity index (χ0v) is 26.4. The molecule has 4 rings (SSSR count). The van der Waals surface area contributed by atoms with Crippen LogP contribution in [0.1, 0.15) is 59.2 Å². The summed E-state index contributed by atoms with van der Waals surface area (Å²) in [5.41, 5.74) is 4.47. The lowest BCUT2D eigenvalue weighted by Crippen LogP contribution is -2.35. The number of rotatable bonds is 10. The minimum atomic E-state index is -4.17. The Morgan fingerprint density at radius 1 is 1.21 bits per heavy atom. The van der Waals surface area contributed by atoms with E-state index < -0.39 is 15.9 Å². The Hall–Kier alpha value is -4.21. The van der Waals surface area contributed by atoms with E-state index in [0.29, 0.717) is 51.4 Å². The molecule has 15 heteroatoms. The van der Waals surface area contributed by atoms with Gasteiger partial charge in [0, 0.05) is 55.9 Å². The Morgan fingerprint density at radius 3 is 2.60 bits per heavy atom. The zero-order valence-electron chi connectivity index (χ0n) is 24.8. The number of hydrogen-bond donors (Lipinski definition) is 3. The fourth-order valence-corrected chi connectivity index (χ4v) is 6.64. The monoisotopic (exact) mass is 626 g/mol. The number of H-pyrrole nitrogens is 1. The third kappa shape index (κ3) is 7.06. The highest BCUT2D eigenvalue weighted by atomic mass is 32.2. The molecule has 3 aromatic rings. The number of fused-ring (bicyclic) bond motifs is 1. The Bertz CT molecular complexity index is 1820. The van der Waals surface area contributed by atoms with Crippen LogP contribution >= 0.6 is 11.3 Å². The second-order valence-electron chi connectivity index (χ2n) is 9.88. The topological polar surface area (TPSA) is 171 Å². The van der Waals surface area contributed by atoms with E-state index in [0.717, 1.165) is 31.0 Å². The van der Waals surface area contributed by atoms with Crippen LogP contribution in [0.4, 0.5) is 5.69 Å². The van der Waals surface area contributed by atoms with Crippen LogP contribution in [0, 0.1) is 13.8 Å². The van der Waals surface area contributed by atoms with Crippen molar-refractivity contribution in [3.63, 3.8) is 0 Å². The lowest BCUT2D eigenvalue weighted by molar-refractivity contribution is -0.116. The van der Waals surface area contributed by atoms with Crippen molar-refractivity contribution in [2.75, 3.05) is 31.5 Å². The van der Waals surface area contributed by atoms with Gasteiger partial charge in [-0.2, -0.15) is 17.8 Å². The largest absolute Gasteiger partial charge is 0.358 e. The smallest absolute Gasteiger partial charge is 0.311 e. The summed E-state index contributed by atoms with van der Waals surface area (Å²) in [5.74, 6) is -0.993. The maximum Gasteiger partial charge on any atom is 0.311 e. The van der Waals surface area contributed by atoms with E-state index in [1.165, 1.54) is 24.9 Å². The van der Waals surface area contributed by atoms with Crippen molar-refractivity contribution >= 4 is 62.6 Å². The lowest BCUT2D eigenvalue weighted by atomic mass is 10.0. The molecule has 1 aliphatic rings. The van der Waals surface area contributed by atoms with Crippen molar-refractivity contribution < 1.29 is 22.8 Å². The van der Waals surface area contributed by atoms with E-state index in [4.69, 9.17) is 0 Å². The van der Waals surface area contributed by atoms with Crippen molar-refractivity contribution in [1.29, 1.82) is 0 Å². The number of aromatic nitrogens is 3. The summed E-state index contributed by atoms with van der Waals surface area (Å²) in [5, 5.41) is 9.72. The van der Waals surface area contributed by atoms with Crippen molar-refractivity contribution in [2.45, 2.75) is 39.0 Å². The molecule has 0 radical (unpaired) electrons.